The van der Waals surface area contributed by atoms with Crippen LogP contribution in [-0.2, 0) is 5.88 Å². The van der Waals surface area contributed by atoms with Crippen molar-refractivity contribution in [3.8, 4) is 0 Å². The Morgan fingerprint density at radius 1 is 1.44 bits per heavy atom. The standard InChI is InChI=1S/C15H20ClNO/c1-5-9-17(15(2,3)4)14(18)13-8-6-7-12(10-13)11-16/h5-8,10H,1,9,11H2,2-4H3. The van der Waals surface area contributed by atoms with Crippen LogP contribution in [-0.4, -0.2) is 22.9 Å². The van der Waals surface area contributed by atoms with Crippen LogP contribution in [0.15, 0.2) is 36.9 Å². The van der Waals surface area contributed by atoms with Gasteiger partial charge >= 0.3 is 0 Å². The van der Waals surface area contributed by atoms with Gasteiger partial charge in [0.1, 0.15) is 0 Å². The van der Waals surface area contributed by atoms with Gasteiger partial charge < -0.3 is 4.90 Å². The minimum Gasteiger partial charge on any atom is -0.330 e. The summed E-state index contributed by atoms with van der Waals surface area (Å²) in [5.74, 6) is 0.423. The van der Waals surface area contributed by atoms with Crippen LogP contribution in [0.3, 0.4) is 0 Å². The Labute approximate surface area is 114 Å². The third-order valence-electron chi connectivity index (χ3n) is 2.69. The van der Waals surface area contributed by atoms with Gasteiger partial charge in [0.05, 0.1) is 0 Å². The van der Waals surface area contributed by atoms with E-state index < -0.39 is 0 Å². The molecule has 0 aliphatic rings. The molecule has 0 heterocycles. The lowest BCUT2D eigenvalue weighted by Crippen LogP contribution is -2.45. The normalized spacial score (nSPS) is 11.1. The highest BCUT2D eigenvalue weighted by Crippen LogP contribution is 2.18. The molecule has 0 N–H and O–H groups in total. The Hall–Kier alpha value is -1.28. The van der Waals surface area contributed by atoms with Gasteiger partial charge in [-0.2, -0.15) is 0 Å². The lowest BCUT2D eigenvalue weighted by molar-refractivity contribution is 0.0616. The molecule has 0 spiro atoms. The molecule has 0 saturated carbocycles. The van der Waals surface area contributed by atoms with E-state index in [1.165, 1.54) is 0 Å². The molecule has 3 heteroatoms. The lowest BCUT2D eigenvalue weighted by Gasteiger charge is -2.35. The van der Waals surface area contributed by atoms with E-state index in [0.29, 0.717) is 18.0 Å². The third-order valence-corrected chi connectivity index (χ3v) is 3.00. The second kappa shape index (κ2) is 6.05. The zero-order valence-corrected chi connectivity index (χ0v) is 12.0. The fourth-order valence-electron chi connectivity index (χ4n) is 1.73. The zero-order valence-electron chi connectivity index (χ0n) is 11.2. The lowest BCUT2D eigenvalue weighted by atomic mass is 10.0. The van der Waals surface area contributed by atoms with E-state index in [0.717, 1.165) is 5.56 Å². The quantitative estimate of drug-likeness (QED) is 0.598. The van der Waals surface area contributed by atoms with Gasteiger partial charge in [-0.25, -0.2) is 0 Å². The van der Waals surface area contributed by atoms with Crippen molar-refractivity contribution in [1.82, 2.24) is 4.90 Å². The zero-order chi connectivity index (χ0) is 13.8. The first-order valence-electron chi connectivity index (χ1n) is 5.98. The van der Waals surface area contributed by atoms with Crippen LogP contribution >= 0.6 is 11.6 Å². The third kappa shape index (κ3) is 3.61. The van der Waals surface area contributed by atoms with Crippen molar-refractivity contribution in [3.63, 3.8) is 0 Å². The molecule has 0 fully saturated rings. The molecule has 1 rings (SSSR count). The summed E-state index contributed by atoms with van der Waals surface area (Å²) in [5.41, 5.74) is 1.39. The van der Waals surface area contributed by atoms with Crippen LogP contribution in [0.1, 0.15) is 36.7 Å². The molecule has 0 radical (unpaired) electrons. The summed E-state index contributed by atoms with van der Waals surface area (Å²) in [6.07, 6.45) is 1.74. The maximum Gasteiger partial charge on any atom is 0.254 e. The van der Waals surface area contributed by atoms with E-state index in [9.17, 15) is 4.79 Å². The van der Waals surface area contributed by atoms with Gasteiger partial charge in [0.25, 0.3) is 5.91 Å². The fourth-order valence-corrected chi connectivity index (χ4v) is 1.90. The second-order valence-corrected chi connectivity index (χ2v) is 5.48. The summed E-state index contributed by atoms with van der Waals surface area (Å²) in [5, 5.41) is 0. The molecule has 0 aliphatic carbocycles. The molecule has 0 atom stereocenters. The van der Waals surface area contributed by atoms with Gasteiger partial charge in [0, 0.05) is 23.5 Å². The van der Waals surface area contributed by atoms with Crippen LogP contribution in [0, 0.1) is 0 Å². The van der Waals surface area contributed by atoms with Gasteiger partial charge in [0.15, 0.2) is 0 Å². The molecule has 0 saturated heterocycles. The highest BCUT2D eigenvalue weighted by molar-refractivity contribution is 6.17. The minimum absolute atomic E-state index is 0.00867. The molecule has 1 aromatic carbocycles. The van der Waals surface area contributed by atoms with Gasteiger partial charge in [-0.1, -0.05) is 18.2 Å². The summed E-state index contributed by atoms with van der Waals surface area (Å²) in [4.78, 5) is 14.3. The highest BCUT2D eigenvalue weighted by atomic mass is 35.5. The van der Waals surface area contributed by atoms with E-state index in [4.69, 9.17) is 11.6 Å². The summed E-state index contributed by atoms with van der Waals surface area (Å²) < 4.78 is 0. The summed E-state index contributed by atoms with van der Waals surface area (Å²) in [7, 11) is 0. The van der Waals surface area contributed by atoms with E-state index in [-0.39, 0.29) is 11.4 Å². The van der Waals surface area contributed by atoms with E-state index in [1.807, 2.05) is 45.0 Å². The van der Waals surface area contributed by atoms with Crippen molar-refractivity contribution >= 4 is 17.5 Å². The molecule has 18 heavy (non-hydrogen) atoms. The van der Waals surface area contributed by atoms with Gasteiger partial charge in [-0.3, -0.25) is 4.79 Å². The average molecular weight is 266 g/mol. The number of amides is 1. The van der Waals surface area contributed by atoms with Crippen molar-refractivity contribution in [2.75, 3.05) is 6.54 Å². The Bertz CT molecular complexity index is 434. The van der Waals surface area contributed by atoms with Crippen molar-refractivity contribution < 1.29 is 4.79 Å². The van der Waals surface area contributed by atoms with Crippen molar-refractivity contribution in [2.45, 2.75) is 32.2 Å². The first-order chi connectivity index (χ1) is 8.40. The maximum atomic E-state index is 12.5. The smallest absolute Gasteiger partial charge is 0.254 e. The molecular weight excluding hydrogens is 246 g/mol. The predicted octanol–water partition coefficient (Wildman–Crippen LogP) is 3.85. The molecule has 1 amide bonds. The van der Waals surface area contributed by atoms with Crippen LogP contribution in [0.2, 0.25) is 0 Å². The molecule has 0 unspecified atom stereocenters. The molecule has 0 aliphatic heterocycles. The van der Waals surface area contributed by atoms with Gasteiger partial charge in [-0.15, -0.1) is 18.2 Å². The van der Waals surface area contributed by atoms with Crippen LogP contribution in [0.4, 0.5) is 0 Å². The Morgan fingerprint density at radius 2 is 2.11 bits per heavy atom. The summed E-state index contributed by atoms with van der Waals surface area (Å²) >= 11 is 5.79. The largest absolute Gasteiger partial charge is 0.330 e. The molecule has 2 nitrogen and oxygen atoms in total. The Balaban J connectivity index is 3.05. The van der Waals surface area contributed by atoms with E-state index in [2.05, 4.69) is 6.58 Å². The summed E-state index contributed by atoms with van der Waals surface area (Å²) in [6, 6.07) is 7.44. The Kier molecular flexibility index (Phi) is 4.97. The molecular formula is C15H20ClNO. The first kappa shape index (κ1) is 14.8. The van der Waals surface area contributed by atoms with E-state index >= 15 is 0 Å². The van der Waals surface area contributed by atoms with Gasteiger partial charge in [0.2, 0.25) is 0 Å². The van der Waals surface area contributed by atoms with Crippen molar-refractivity contribution in [3.05, 3.63) is 48.0 Å². The van der Waals surface area contributed by atoms with Crippen molar-refractivity contribution in [1.29, 1.82) is 0 Å². The highest BCUT2D eigenvalue weighted by Gasteiger charge is 2.26. The van der Waals surface area contributed by atoms with Crippen LogP contribution in [0.5, 0.6) is 0 Å². The number of halogens is 1. The summed E-state index contributed by atoms with van der Waals surface area (Å²) in [6.45, 7) is 10.3. The molecule has 0 aromatic heterocycles. The maximum absolute atomic E-state index is 12.5. The van der Waals surface area contributed by atoms with E-state index in [1.54, 1.807) is 11.0 Å². The SMILES string of the molecule is C=CCN(C(=O)c1cccc(CCl)c1)C(C)(C)C. The number of alkyl halides is 1. The van der Waals surface area contributed by atoms with Crippen molar-refractivity contribution in [2.24, 2.45) is 0 Å². The molecule has 0 bridgehead atoms. The minimum atomic E-state index is -0.234. The number of hydrogen-bond acceptors (Lipinski definition) is 1. The van der Waals surface area contributed by atoms with Gasteiger partial charge in [-0.05, 0) is 38.5 Å². The number of nitrogens with zero attached hydrogens (tertiary/aromatic N) is 1. The number of carbonyl (C=O) groups excluding carboxylic acids is 1. The first-order valence-corrected chi connectivity index (χ1v) is 6.51. The second-order valence-electron chi connectivity index (χ2n) is 5.21. The fraction of sp³-hybridized carbons (Fsp3) is 0.400. The molecule has 98 valence electrons. The predicted molar refractivity (Wildman–Crippen MR) is 77.0 cm³/mol. The number of carbonyl (C=O) groups is 1. The Morgan fingerprint density at radius 3 is 2.61 bits per heavy atom. The topological polar surface area (TPSA) is 20.3 Å². The van der Waals surface area contributed by atoms with Crippen LogP contribution in [0.25, 0.3) is 0 Å². The average Bonchev–Trinajstić information content (AvgIpc) is 2.34. The van der Waals surface area contributed by atoms with Crippen LogP contribution < -0.4 is 0 Å². The number of hydrogen-bond donors (Lipinski definition) is 0. The monoisotopic (exact) mass is 265 g/mol. The number of benzene rings is 1. The molecule has 1 aromatic rings. The number of rotatable bonds is 4.